The van der Waals surface area contributed by atoms with Gasteiger partial charge in [0.25, 0.3) is 5.91 Å². The molecule has 34 heavy (non-hydrogen) atoms. The van der Waals surface area contributed by atoms with Crippen LogP contribution in [0.5, 0.6) is 5.75 Å². The Labute approximate surface area is 202 Å². The van der Waals surface area contributed by atoms with Crippen molar-refractivity contribution in [1.82, 2.24) is 15.5 Å². The number of hydrogen-bond acceptors (Lipinski definition) is 5. The van der Waals surface area contributed by atoms with Crippen molar-refractivity contribution in [2.24, 2.45) is 0 Å². The van der Waals surface area contributed by atoms with E-state index in [0.717, 1.165) is 42.9 Å². The van der Waals surface area contributed by atoms with E-state index in [2.05, 4.69) is 42.4 Å². The number of nitrogens with zero attached hydrogens (tertiary/aromatic N) is 1. The van der Waals surface area contributed by atoms with E-state index in [-0.39, 0.29) is 17.2 Å². The third-order valence-corrected chi connectivity index (χ3v) is 6.82. The van der Waals surface area contributed by atoms with Gasteiger partial charge in [-0.05, 0) is 76.0 Å². The molecule has 2 N–H and O–H groups in total. The third kappa shape index (κ3) is 5.33. The summed E-state index contributed by atoms with van der Waals surface area (Å²) < 4.78 is 5.39. The van der Waals surface area contributed by atoms with Gasteiger partial charge in [-0.2, -0.15) is 0 Å². The van der Waals surface area contributed by atoms with Crippen molar-refractivity contribution in [2.75, 3.05) is 26.7 Å². The SMILES string of the molecule is CCN1CCCC1CNC(=O)c1ccc(C(=O)/C=C2\NC(C)(C)Cc3ccc(OC)cc32)cc1. The fourth-order valence-corrected chi connectivity index (χ4v) is 5.01. The quantitative estimate of drug-likeness (QED) is 0.481. The fraction of sp³-hybridized carbons (Fsp3) is 0.429. The van der Waals surface area contributed by atoms with E-state index in [1.54, 1.807) is 37.5 Å². The lowest BCUT2D eigenvalue weighted by Crippen LogP contribution is -2.43. The van der Waals surface area contributed by atoms with Crippen molar-refractivity contribution in [3.05, 3.63) is 70.8 Å². The topological polar surface area (TPSA) is 70.7 Å². The number of carbonyl (C=O) groups is 2. The number of amides is 1. The number of benzene rings is 2. The minimum atomic E-state index is -0.164. The first-order valence-corrected chi connectivity index (χ1v) is 12.1. The highest BCUT2D eigenvalue weighted by Crippen LogP contribution is 2.32. The molecule has 2 aliphatic rings. The predicted octanol–water partition coefficient (Wildman–Crippen LogP) is 4.06. The molecule has 180 valence electrons. The van der Waals surface area contributed by atoms with Gasteiger partial charge in [-0.25, -0.2) is 0 Å². The molecule has 1 saturated heterocycles. The van der Waals surface area contributed by atoms with Crippen LogP contribution in [0.1, 0.15) is 65.5 Å². The van der Waals surface area contributed by atoms with Crippen LogP contribution >= 0.6 is 0 Å². The highest BCUT2D eigenvalue weighted by molar-refractivity contribution is 6.09. The lowest BCUT2D eigenvalue weighted by molar-refractivity contribution is 0.0940. The molecule has 1 amide bonds. The summed E-state index contributed by atoms with van der Waals surface area (Å²) in [6, 6.07) is 13.3. The van der Waals surface area contributed by atoms with Crippen LogP contribution in [0.3, 0.4) is 0 Å². The Hall–Kier alpha value is -3.12. The first-order valence-electron chi connectivity index (χ1n) is 12.1. The number of allylic oxidation sites excluding steroid dienone is 1. The van der Waals surface area contributed by atoms with E-state index >= 15 is 0 Å². The number of rotatable bonds is 7. The molecule has 0 saturated carbocycles. The summed E-state index contributed by atoms with van der Waals surface area (Å²) in [6.45, 7) is 9.17. The van der Waals surface area contributed by atoms with E-state index < -0.39 is 0 Å². The zero-order valence-corrected chi connectivity index (χ0v) is 20.6. The van der Waals surface area contributed by atoms with E-state index in [4.69, 9.17) is 4.74 Å². The van der Waals surface area contributed by atoms with Crippen molar-refractivity contribution in [1.29, 1.82) is 0 Å². The maximum absolute atomic E-state index is 13.1. The van der Waals surface area contributed by atoms with E-state index in [1.807, 2.05) is 12.1 Å². The molecule has 1 fully saturated rings. The maximum atomic E-state index is 13.1. The lowest BCUT2D eigenvalue weighted by Gasteiger charge is -2.35. The number of ether oxygens (including phenoxy) is 1. The molecule has 0 aliphatic carbocycles. The number of nitrogens with one attached hydrogen (secondary N) is 2. The second kappa shape index (κ2) is 10.0. The molecule has 6 heteroatoms. The summed E-state index contributed by atoms with van der Waals surface area (Å²) >= 11 is 0. The summed E-state index contributed by atoms with van der Waals surface area (Å²) in [5, 5.41) is 6.55. The molecule has 2 aromatic carbocycles. The van der Waals surface area contributed by atoms with Crippen LogP contribution in [0.15, 0.2) is 48.5 Å². The minimum absolute atomic E-state index is 0.1000. The monoisotopic (exact) mass is 461 g/mol. The molecule has 0 radical (unpaired) electrons. The molecule has 0 spiro atoms. The average Bonchev–Trinajstić information content (AvgIpc) is 3.29. The van der Waals surface area contributed by atoms with Crippen LogP contribution < -0.4 is 15.4 Å². The molecule has 4 rings (SSSR count). The highest BCUT2D eigenvalue weighted by Gasteiger charge is 2.28. The Kier molecular flexibility index (Phi) is 7.08. The Balaban J connectivity index is 1.47. The Morgan fingerprint density at radius 3 is 2.62 bits per heavy atom. The molecule has 0 aromatic heterocycles. The number of fused-ring (bicyclic) bond motifs is 1. The molecular weight excluding hydrogens is 426 g/mol. The van der Waals surface area contributed by atoms with Gasteiger partial charge < -0.3 is 15.4 Å². The van der Waals surface area contributed by atoms with Crippen LogP contribution in [-0.4, -0.2) is 54.9 Å². The number of likely N-dealkylation sites (tertiary alicyclic amines) is 1. The first kappa shape index (κ1) is 24.0. The third-order valence-electron chi connectivity index (χ3n) is 6.82. The molecule has 2 heterocycles. The standard InChI is InChI=1S/C28H35N3O3/c1-5-31-14-6-7-22(31)18-29-27(33)20-10-8-19(9-11-20)26(32)16-25-24-15-23(34-4)13-12-21(24)17-28(2,3)30-25/h8-13,15-16,22,30H,5-7,14,17-18H2,1-4H3,(H,29,33)/b25-16-. The van der Waals surface area contributed by atoms with Gasteiger partial charge in [0.2, 0.25) is 0 Å². The van der Waals surface area contributed by atoms with Crippen molar-refractivity contribution in [3.63, 3.8) is 0 Å². The minimum Gasteiger partial charge on any atom is -0.497 e. The fourth-order valence-electron chi connectivity index (χ4n) is 5.01. The second-order valence-corrected chi connectivity index (χ2v) is 9.84. The van der Waals surface area contributed by atoms with Crippen LogP contribution in [0, 0.1) is 0 Å². The van der Waals surface area contributed by atoms with E-state index in [1.165, 1.54) is 12.0 Å². The van der Waals surface area contributed by atoms with Gasteiger partial charge in [0, 0.05) is 46.6 Å². The van der Waals surface area contributed by atoms with Crippen LogP contribution in [0.25, 0.3) is 5.70 Å². The van der Waals surface area contributed by atoms with E-state index in [9.17, 15) is 9.59 Å². The summed E-state index contributed by atoms with van der Waals surface area (Å²) in [4.78, 5) is 28.1. The van der Waals surface area contributed by atoms with Crippen LogP contribution in [0.4, 0.5) is 0 Å². The average molecular weight is 462 g/mol. The predicted molar refractivity (Wildman–Crippen MR) is 135 cm³/mol. The number of hydrogen-bond donors (Lipinski definition) is 2. The maximum Gasteiger partial charge on any atom is 0.251 e. The Morgan fingerprint density at radius 2 is 1.91 bits per heavy atom. The van der Waals surface area contributed by atoms with Gasteiger partial charge in [0.1, 0.15) is 5.75 Å². The number of carbonyl (C=O) groups excluding carboxylic acids is 2. The number of methoxy groups -OCH3 is 1. The number of likely N-dealkylation sites (N-methyl/N-ethyl adjacent to an activating group) is 1. The molecular formula is C28H35N3O3. The van der Waals surface area contributed by atoms with Gasteiger partial charge in [-0.15, -0.1) is 0 Å². The van der Waals surface area contributed by atoms with Crippen molar-refractivity contribution >= 4 is 17.4 Å². The zero-order chi connectivity index (χ0) is 24.3. The first-order chi connectivity index (χ1) is 16.3. The summed E-state index contributed by atoms with van der Waals surface area (Å²) in [6.07, 6.45) is 4.81. The van der Waals surface area contributed by atoms with Crippen molar-refractivity contribution in [3.8, 4) is 5.75 Å². The van der Waals surface area contributed by atoms with Gasteiger partial charge in [0.05, 0.1) is 7.11 Å². The zero-order valence-electron chi connectivity index (χ0n) is 20.6. The molecule has 6 nitrogen and oxygen atoms in total. The van der Waals surface area contributed by atoms with Gasteiger partial charge in [0.15, 0.2) is 5.78 Å². The van der Waals surface area contributed by atoms with E-state index in [0.29, 0.717) is 23.7 Å². The van der Waals surface area contributed by atoms with Gasteiger partial charge in [-0.1, -0.05) is 25.1 Å². The largest absolute Gasteiger partial charge is 0.497 e. The molecule has 2 aromatic rings. The van der Waals surface area contributed by atoms with Gasteiger partial charge >= 0.3 is 0 Å². The second-order valence-electron chi connectivity index (χ2n) is 9.84. The smallest absolute Gasteiger partial charge is 0.251 e. The molecule has 0 bridgehead atoms. The van der Waals surface area contributed by atoms with Crippen molar-refractivity contribution < 1.29 is 14.3 Å². The van der Waals surface area contributed by atoms with Crippen molar-refractivity contribution in [2.45, 2.75) is 51.6 Å². The summed E-state index contributed by atoms with van der Waals surface area (Å²) in [5.41, 5.74) is 3.90. The Morgan fingerprint density at radius 1 is 1.18 bits per heavy atom. The number of ketones is 1. The Bertz CT molecular complexity index is 1090. The highest BCUT2D eigenvalue weighted by atomic mass is 16.5. The van der Waals surface area contributed by atoms with Crippen LogP contribution in [-0.2, 0) is 6.42 Å². The lowest BCUT2D eigenvalue weighted by atomic mass is 9.85. The molecule has 2 aliphatic heterocycles. The van der Waals surface area contributed by atoms with Crippen LogP contribution in [0.2, 0.25) is 0 Å². The summed E-state index contributed by atoms with van der Waals surface area (Å²) in [7, 11) is 1.64. The molecule has 1 unspecified atom stereocenters. The van der Waals surface area contributed by atoms with Gasteiger partial charge in [-0.3, -0.25) is 14.5 Å². The summed E-state index contributed by atoms with van der Waals surface area (Å²) in [5.74, 6) is 0.552. The normalized spacial score (nSPS) is 20.5. The molecule has 1 atom stereocenters.